The number of carbonyl (C=O) groups excluding carboxylic acids is 2. The van der Waals surface area contributed by atoms with Crippen molar-refractivity contribution in [3.8, 4) is 0 Å². The van der Waals surface area contributed by atoms with Gasteiger partial charge in [-0.2, -0.15) is 0 Å². The van der Waals surface area contributed by atoms with Crippen LogP contribution in [0, 0.1) is 13.8 Å². The Morgan fingerprint density at radius 3 is 2.40 bits per heavy atom. The fourth-order valence-corrected chi connectivity index (χ4v) is 4.90. The van der Waals surface area contributed by atoms with Crippen LogP contribution in [0.3, 0.4) is 0 Å². The minimum atomic E-state index is -3.74. The van der Waals surface area contributed by atoms with Crippen LogP contribution in [0.2, 0.25) is 0 Å². The van der Waals surface area contributed by atoms with E-state index in [-0.39, 0.29) is 10.7 Å². The Kier molecular flexibility index (Phi) is 6.70. The Morgan fingerprint density at radius 1 is 0.971 bits per heavy atom. The van der Waals surface area contributed by atoms with Crippen molar-refractivity contribution in [1.82, 2.24) is 4.72 Å². The molecule has 1 aliphatic rings. The standard InChI is InChI=1S/C26H25N3O5S/c1-16-13-14-17(2)21(15-16)28-25(30)23(19-9-5-4-6-10-19)34-26(31)18(3)27-24-20-11-7-8-12-22(20)35(32,33)29-24/h4-15,18,23H,1-3H3,(H,27,29)(H,28,30)/t18-,23-/m0/s1. The molecule has 3 aromatic rings. The van der Waals surface area contributed by atoms with Crippen LogP contribution in [0.5, 0.6) is 0 Å². The molecular weight excluding hydrogens is 466 g/mol. The molecule has 35 heavy (non-hydrogen) atoms. The predicted octanol–water partition coefficient (Wildman–Crippen LogP) is 3.65. The van der Waals surface area contributed by atoms with Crippen molar-refractivity contribution in [2.24, 2.45) is 4.99 Å². The fourth-order valence-electron chi connectivity index (χ4n) is 3.66. The fraction of sp³-hybridized carbons (Fsp3) is 0.192. The molecule has 0 bridgehead atoms. The van der Waals surface area contributed by atoms with Crippen molar-refractivity contribution in [2.75, 3.05) is 5.32 Å². The number of sulfonamides is 1. The average molecular weight is 492 g/mol. The summed E-state index contributed by atoms with van der Waals surface area (Å²) in [6.07, 6.45) is -1.22. The van der Waals surface area contributed by atoms with Gasteiger partial charge in [0.1, 0.15) is 11.9 Å². The summed E-state index contributed by atoms with van der Waals surface area (Å²) in [5.41, 5.74) is 3.34. The van der Waals surface area contributed by atoms with Crippen LogP contribution < -0.4 is 10.0 Å². The monoisotopic (exact) mass is 491 g/mol. The molecule has 0 saturated carbocycles. The summed E-state index contributed by atoms with van der Waals surface area (Å²) in [5.74, 6) is -1.22. The molecule has 1 heterocycles. The van der Waals surface area contributed by atoms with E-state index < -0.39 is 34.0 Å². The highest BCUT2D eigenvalue weighted by molar-refractivity contribution is 7.90. The van der Waals surface area contributed by atoms with Crippen LogP contribution in [0.25, 0.3) is 0 Å². The van der Waals surface area contributed by atoms with Crippen molar-refractivity contribution in [3.63, 3.8) is 0 Å². The number of nitrogens with one attached hydrogen (secondary N) is 2. The minimum absolute atomic E-state index is 0.0566. The summed E-state index contributed by atoms with van der Waals surface area (Å²) in [5, 5.41) is 2.85. The summed E-state index contributed by atoms with van der Waals surface area (Å²) >= 11 is 0. The van der Waals surface area contributed by atoms with Crippen molar-refractivity contribution in [3.05, 3.63) is 95.1 Å². The maximum Gasteiger partial charge on any atom is 0.331 e. The number of aliphatic imine (C=N–C) groups is 1. The Labute approximate surface area is 204 Å². The van der Waals surface area contributed by atoms with Crippen LogP contribution in [0.1, 0.15) is 35.3 Å². The number of ether oxygens (including phenoxy) is 1. The van der Waals surface area contributed by atoms with E-state index in [0.717, 1.165) is 11.1 Å². The smallest absolute Gasteiger partial charge is 0.331 e. The molecule has 4 rings (SSSR count). The molecule has 0 spiro atoms. The number of rotatable bonds is 6. The molecular formula is C26H25N3O5S. The zero-order chi connectivity index (χ0) is 25.2. The number of esters is 1. The van der Waals surface area contributed by atoms with Crippen LogP contribution in [0.15, 0.2) is 82.7 Å². The zero-order valence-electron chi connectivity index (χ0n) is 19.5. The molecule has 8 nitrogen and oxygen atoms in total. The number of benzene rings is 3. The van der Waals surface area contributed by atoms with Gasteiger partial charge in [0.2, 0.25) is 6.10 Å². The van der Waals surface area contributed by atoms with Gasteiger partial charge < -0.3 is 10.1 Å². The first-order chi connectivity index (χ1) is 16.7. The number of hydrogen-bond acceptors (Lipinski definition) is 6. The third-order valence-corrected chi connectivity index (χ3v) is 6.95. The molecule has 0 fully saturated rings. The SMILES string of the molecule is Cc1ccc(C)c(NC(=O)[C@@H](OC(=O)[C@H](C)N=C2NS(=O)(=O)c3ccccc32)c2ccccc2)c1. The molecule has 0 radical (unpaired) electrons. The lowest BCUT2D eigenvalue weighted by molar-refractivity contribution is -0.155. The second-order valence-corrected chi connectivity index (χ2v) is 9.94. The molecule has 1 amide bonds. The van der Waals surface area contributed by atoms with E-state index in [1.807, 2.05) is 32.0 Å². The van der Waals surface area contributed by atoms with Gasteiger partial charge in [-0.25, -0.2) is 13.2 Å². The zero-order valence-corrected chi connectivity index (χ0v) is 20.3. The van der Waals surface area contributed by atoms with E-state index in [4.69, 9.17) is 4.74 Å². The van der Waals surface area contributed by atoms with Gasteiger partial charge in [-0.15, -0.1) is 0 Å². The molecule has 9 heteroatoms. The summed E-state index contributed by atoms with van der Waals surface area (Å²) in [6.45, 7) is 5.27. The number of fused-ring (bicyclic) bond motifs is 1. The Morgan fingerprint density at radius 2 is 1.66 bits per heavy atom. The molecule has 180 valence electrons. The summed E-state index contributed by atoms with van der Waals surface area (Å²) in [7, 11) is -3.74. The number of amidine groups is 1. The molecule has 0 aliphatic carbocycles. The lowest BCUT2D eigenvalue weighted by atomic mass is 10.1. The molecule has 0 saturated heterocycles. The Bertz CT molecular complexity index is 1420. The highest BCUT2D eigenvalue weighted by Crippen LogP contribution is 2.25. The van der Waals surface area contributed by atoms with Gasteiger partial charge >= 0.3 is 5.97 Å². The Hall–Kier alpha value is -3.98. The number of carbonyl (C=O) groups is 2. The van der Waals surface area contributed by atoms with Gasteiger partial charge in [-0.1, -0.05) is 54.6 Å². The van der Waals surface area contributed by atoms with Crippen molar-refractivity contribution in [1.29, 1.82) is 0 Å². The first-order valence-electron chi connectivity index (χ1n) is 11.0. The number of anilines is 1. The van der Waals surface area contributed by atoms with Crippen LogP contribution >= 0.6 is 0 Å². The lowest BCUT2D eigenvalue weighted by Crippen LogP contribution is -2.31. The molecule has 0 aromatic heterocycles. The van der Waals surface area contributed by atoms with E-state index in [2.05, 4.69) is 15.0 Å². The summed E-state index contributed by atoms with van der Waals surface area (Å²) in [6, 6.07) is 19.6. The van der Waals surface area contributed by atoms with Crippen molar-refractivity contribution < 1.29 is 22.7 Å². The van der Waals surface area contributed by atoms with Crippen molar-refractivity contribution >= 4 is 33.4 Å². The third-order valence-electron chi connectivity index (χ3n) is 5.55. The second kappa shape index (κ2) is 9.71. The lowest BCUT2D eigenvalue weighted by Gasteiger charge is -2.20. The van der Waals surface area contributed by atoms with E-state index in [1.165, 1.54) is 13.0 Å². The number of aryl methyl sites for hydroxylation is 2. The molecule has 1 aliphatic heterocycles. The van der Waals surface area contributed by atoms with Crippen LogP contribution in [-0.2, 0) is 24.3 Å². The van der Waals surface area contributed by atoms with Gasteiger partial charge in [-0.05, 0) is 50.1 Å². The first-order valence-corrected chi connectivity index (χ1v) is 12.5. The summed E-state index contributed by atoms with van der Waals surface area (Å²) < 4.78 is 32.6. The molecule has 2 N–H and O–H groups in total. The third kappa shape index (κ3) is 5.25. The summed E-state index contributed by atoms with van der Waals surface area (Å²) in [4.78, 5) is 30.5. The second-order valence-electron chi connectivity index (χ2n) is 8.29. The van der Waals surface area contributed by atoms with Crippen LogP contribution in [0.4, 0.5) is 5.69 Å². The minimum Gasteiger partial charge on any atom is -0.446 e. The van der Waals surface area contributed by atoms with Gasteiger partial charge in [0.05, 0.1) is 4.90 Å². The largest absolute Gasteiger partial charge is 0.446 e. The highest BCUT2D eigenvalue weighted by atomic mass is 32.2. The van der Waals surface area contributed by atoms with Gasteiger partial charge in [-0.3, -0.25) is 14.5 Å². The number of hydrogen-bond donors (Lipinski definition) is 2. The Balaban J connectivity index is 1.58. The molecule has 3 aromatic carbocycles. The van der Waals surface area contributed by atoms with Crippen LogP contribution in [-0.4, -0.2) is 32.2 Å². The van der Waals surface area contributed by atoms with Crippen molar-refractivity contribution in [2.45, 2.75) is 37.8 Å². The van der Waals surface area contributed by atoms with Gasteiger partial charge in [0.25, 0.3) is 15.9 Å². The topological polar surface area (TPSA) is 114 Å². The van der Waals surface area contributed by atoms with E-state index in [9.17, 15) is 18.0 Å². The maximum atomic E-state index is 13.2. The normalized spacial score (nSPS) is 16.6. The van der Waals surface area contributed by atoms with E-state index >= 15 is 0 Å². The maximum absolute atomic E-state index is 13.2. The predicted molar refractivity (Wildman–Crippen MR) is 133 cm³/mol. The van der Waals surface area contributed by atoms with Gasteiger partial charge in [0.15, 0.2) is 0 Å². The highest BCUT2D eigenvalue weighted by Gasteiger charge is 2.32. The molecule has 0 unspecified atom stereocenters. The van der Waals surface area contributed by atoms with E-state index in [1.54, 1.807) is 48.5 Å². The quantitative estimate of drug-likeness (QED) is 0.511. The first kappa shape index (κ1) is 24.2. The average Bonchev–Trinajstić information content (AvgIpc) is 3.10. The van der Waals surface area contributed by atoms with Gasteiger partial charge in [0, 0.05) is 16.8 Å². The van der Waals surface area contributed by atoms with E-state index in [0.29, 0.717) is 16.8 Å². The number of amides is 1. The molecule has 2 atom stereocenters. The number of nitrogens with zero attached hydrogens (tertiary/aromatic N) is 1.